The van der Waals surface area contributed by atoms with Crippen LogP contribution in [0.2, 0.25) is 10.0 Å². The van der Waals surface area contributed by atoms with Crippen LogP contribution in [0, 0.1) is 23.7 Å². The Morgan fingerprint density at radius 2 is 1.63 bits per heavy atom. The number of esters is 3. The Morgan fingerprint density at radius 3 is 2.22 bits per heavy atom. The minimum Gasteiger partial charge on any atom is -0.493 e. The van der Waals surface area contributed by atoms with E-state index in [-0.39, 0.29) is 77.4 Å². The summed E-state index contributed by atoms with van der Waals surface area (Å²) in [6.07, 6.45) is -3.07. The molecule has 14 atom stereocenters. The van der Waals surface area contributed by atoms with Gasteiger partial charge in [-0.25, -0.2) is 4.79 Å². The lowest BCUT2D eigenvalue weighted by Gasteiger charge is -2.49. The highest BCUT2D eigenvalue weighted by molar-refractivity contribution is 6.39. The number of carbonyl (C=O) groups excluding carboxylic acids is 6. The van der Waals surface area contributed by atoms with Crippen LogP contribution in [0.4, 0.5) is 10.5 Å². The molecule has 3 saturated heterocycles. The number of ether oxygens (including phenoxy) is 9. The zero-order valence-electron chi connectivity index (χ0n) is 43.9. The van der Waals surface area contributed by atoms with Crippen LogP contribution in [0.15, 0.2) is 30.6 Å². The first-order valence-corrected chi connectivity index (χ1v) is 25.7. The number of nitrogens with one attached hydrogen (secondary N) is 1. The molecule has 1 aromatic carbocycles. The molecule has 0 radical (unpaired) electrons. The molecule has 0 spiro atoms. The molecule has 22 heteroatoms. The van der Waals surface area contributed by atoms with Crippen LogP contribution in [-0.4, -0.2) is 158 Å². The maximum Gasteiger partial charge on any atom is 0.410 e. The summed E-state index contributed by atoms with van der Waals surface area (Å²) in [4.78, 5) is 90.3. The van der Waals surface area contributed by atoms with Crippen molar-refractivity contribution in [3.05, 3.63) is 46.2 Å². The normalized spacial score (nSPS) is 32.2. The zero-order chi connectivity index (χ0) is 54.3. The van der Waals surface area contributed by atoms with Crippen LogP contribution in [0.25, 0.3) is 0 Å². The van der Waals surface area contributed by atoms with Crippen molar-refractivity contribution in [3.8, 4) is 11.5 Å². The second kappa shape index (κ2) is 25.4. The van der Waals surface area contributed by atoms with E-state index in [1.54, 1.807) is 54.5 Å². The van der Waals surface area contributed by atoms with E-state index >= 15 is 4.79 Å². The topological polar surface area (TPSA) is 217 Å². The summed E-state index contributed by atoms with van der Waals surface area (Å²) < 4.78 is 55.8. The fourth-order valence-electron chi connectivity index (χ4n) is 10.6. The molecule has 0 aliphatic carbocycles. The van der Waals surface area contributed by atoms with Crippen molar-refractivity contribution in [2.45, 2.75) is 148 Å². The Hall–Kier alpha value is -4.50. The number of amides is 2. The quantitative estimate of drug-likeness (QED) is 0.0735. The number of Topliss-reactive ketones (excluding diaryl/α,β-unsaturated/α-hetero) is 1. The van der Waals surface area contributed by atoms with Crippen molar-refractivity contribution >= 4 is 76.2 Å². The second-order valence-electron chi connectivity index (χ2n) is 19.8. The molecule has 2 amide bonds. The molecule has 0 bridgehead atoms. The van der Waals surface area contributed by atoms with Gasteiger partial charge in [-0.3, -0.25) is 29.0 Å². The standard InChI is InChI=1S/C51H71Cl3N4O15/c1-14-38-51(9)44(58(49(64)73-51)18-15-19-67-37-21-32(16-17-36(37)65-12)46(62)56-40-33(53)24-55-25-34(40)54)28(4)41(61)26(2)22-50(8,66-13)45(29(5)42(71-39(60)23-52)30(6)47(63)70-38)72-48-43(69-31(7)59)35(57(10)11)20-27(3)68-48/h16-17,21,24-30,35,38,42-45,48H,14-15,18-20,22-23H2,1-13H3,(H,55,56,62)/t26-,27-,28+,29+,30-,35+,38-,42+,43-,44-,45-,48+,50-,51-/m1/s1. The third-order valence-electron chi connectivity index (χ3n) is 14.3. The molecule has 3 aliphatic heterocycles. The van der Waals surface area contributed by atoms with Gasteiger partial charge in [0.25, 0.3) is 5.91 Å². The maximum absolute atomic E-state index is 15.1. The van der Waals surface area contributed by atoms with E-state index in [9.17, 15) is 24.0 Å². The van der Waals surface area contributed by atoms with E-state index in [1.807, 2.05) is 25.9 Å². The van der Waals surface area contributed by atoms with Crippen molar-refractivity contribution < 1.29 is 71.4 Å². The van der Waals surface area contributed by atoms with Crippen molar-refractivity contribution in [1.29, 1.82) is 0 Å². The van der Waals surface area contributed by atoms with E-state index < -0.39 is 107 Å². The number of alkyl halides is 1. The first-order valence-electron chi connectivity index (χ1n) is 24.5. The third kappa shape index (κ3) is 13.5. The number of anilines is 1. The van der Waals surface area contributed by atoms with Crippen LogP contribution >= 0.6 is 34.8 Å². The number of halogens is 3. The number of fused-ring (bicyclic) bond motifs is 1. The second-order valence-corrected chi connectivity index (χ2v) is 20.9. The molecule has 3 aliphatic rings. The number of hydrogen-bond acceptors (Lipinski definition) is 17. The lowest BCUT2D eigenvalue weighted by atomic mass is 9.73. The Balaban J connectivity index is 1.50. The predicted molar refractivity (Wildman–Crippen MR) is 270 cm³/mol. The number of hydrogen-bond donors (Lipinski definition) is 1. The number of methoxy groups -OCH3 is 2. The molecule has 2 aromatic rings. The average molecular weight is 1090 g/mol. The molecule has 0 unspecified atom stereocenters. The summed E-state index contributed by atoms with van der Waals surface area (Å²) >= 11 is 18.5. The highest BCUT2D eigenvalue weighted by atomic mass is 35.5. The van der Waals surface area contributed by atoms with Gasteiger partial charge in [-0.05, 0) is 85.7 Å². The van der Waals surface area contributed by atoms with E-state index in [2.05, 4.69) is 10.3 Å². The summed E-state index contributed by atoms with van der Waals surface area (Å²) in [5.41, 5.74) is -2.57. The highest BCUT2D eigenvalue weighted by Crippen LogP contribution is 2.44. The maximum atomic E-state index is 15.1. The van der Waals surface area contributed by atoms with Gasteiger partial charge in [-0.1, -0.05) is 50.9 Å². The Labute approximate surface area is 442 Å². The molecule has 3 fully saturated rings. The van der Waals surface area contributed by atoms with Crippen molar-refractivity contribution in [1.82, 2.24) is 14.8 Å². The van der Waals surface area contributed by atoms with Crippen LogP contribution in [-0.2, 0) is 52.3 Å². The summed E-state index contributed by atoms with van der Waals surface area (Å²) in [7, 11) is 6.63. The van der Waals surface area contributed by atoms with Gasteiger partial charge in [0.2, 0.25) is 0 Å². The van der Waals surface area contributed by atoms with Gasteiger partial charge in [-0.15, -0.1) is 11.6 Å². The van der Waals surface area contributed by atoms with Gasteiger partial charge in [0, 0.05) is 56.3 Å². The van der Waals surface area contributed by atoms with Gasteiger partial charge in [0.05, 0.1) is 65.3 Å². The molecular weight excluding hydrogens is 1010 g/mol. The third-order valence-corrected chi connectivity index (χ3v) is 15.1. The molecular formula is C51H71Cl3N4O15. The first-order chi connectivity index (χ1) is 34.3. The minimum atomic E-state index is -1.57. The van der Waals surface area contributed by atoms with Crippen molar-refractivity contribution in [2.24, 2.45) is 23.7 Å². The van der Waals surface area contributed by atoms with Gasteiger partial charge in [0.1, 0.15) is 23.9 Å². The van der Waals surface area contributed by atoms with E-state index in [1.165, 1.54) is 50.6 Å². The lowest BCUT2D eigenvalue weighted by Crippen LogP contribution is -2.61. The number of benzene rings is 1. The molecule has 1 aromatic heterocycles. The SMILES string of the molecule is CC[C@H]1OC(=O)[C@H](C)[C@@H](OC(=O)CCl)[C@H](C)[C@@H](O[C@@H]2O[C@H](C)C[C@H](N(C)C)[C@H]2OC(C)=O)[C@](C)(OC)C[C@@H](C)C(=O)[C@H](C)[C@H]2N(CCCOc3cc(C(=O)Nc4c(Cl)cncc4Cl)ccc3OC)C(=O)O[C@]12C. The van der Waals surface area contributed by atoms with Crippen molar-refractivity contribution in [2.75, 3.05) is 52.7 Å². The van der Waals surface area contributed by atoms with Crippen LogP contribution in [0.5, 0.6) is 11.5 Å². The fraction of sp³-hybridized carbons (Fsp3) is 0.667. The number of carbonyl (C=O) groups is 6. The summed E-state index contributed by atoms with van der Waals surface area (Å²) in [6.45, 7) is 15.1. The number of likely N-dealkylation sites (N-methyl/N-ethyl adjacent to an activating group) is 1. The minimum absolute atomic E-state index is 0.0182. The predicted octanol–water partition coefficient (Wildman–Crippen LogP) is 7.77. The monoisotopic (exact) mass is 1080 g/mol. The number of ketones is 1. The Bertz CT molecular complexity index is 2290. The number of pyridine rings is 1. The fourth-order valence-corrected chi connectivity index (χ4v) is 11.1. The zero-order valence-corrected chi connectivity index (χ0v) is 46.1. The van der Waals surface area contributed by atoms with Gasteiger partial charge in [-0.2, -0.15) is 0 Å². The Kier molecular flexibility index (Phi) is 20.6. The highest BCUT2D eigenvalue weighted by Gasteiger charge is 2.60. The molecule has 1 N–H and O–H groups in total. The first kappa shape index (κ1) is 59.4. The number of cyclic esters (lactones) is 1. The summed E-state index contributed by atoms with van der Waals surface area (Å²) in [6, 6.07) is 3.29. The molecule has 5 rings (SSSR count). The lowest BCUT2D eigenvalue weighted by molar-refractivity contribution is -0.303. The largest absolute Gasteiger partial charge is 0.493 e. The van der Waals surface area contributed by atoms with Gasteiger partial charge >= 0.3 is 24.0 Å². The number of aromatic nitrogens is 1. The molecule has 0 saturated carbocycles. The van der Waals surface area contributed by atoms with Crippen molar-refractivity contribution in [3.63, 3.8) is 0 Å². The van der Waals surface area contributed by atoms with Crippen LogP contribution < -0.4 is 14.8 Å². The van der Waals surface area contributed by atoms with Crippen LogP contribution in [0.1, 0.15) is 98.4 Å². The number of nitrogens with zero attached hydrogens (tertiary/aromatic N) is 3. The number of rotatable bonds is 16. The molecule has 73 heavy (non-hydrogen) atoms. The summed E-state index contributed by atoms with van der Waals surface area (Å²) in [5, 5.41) is 2.99. The van der Waals surface area contributed by atoms with Gasteiger partial charge in [0.15, 0.2) is 29.5 Å². The van der Waals surface area contributed by atoms with Crippen LogP contribution in [0.3, 0.4) is 0 Å². The molecule has 406 valence electrons. The Morgan fingerprint density at radius 1 is 0.959 bits per heavy atom. The van der Waals surface area contributed by atoms with E-state index in [0.717, 1.165) is 0 Å². The molecule has 19 nitrogen and oxygen atoms in total. The van der Waals surface area contributed by atoms with Gasteiger partial charge < -0.3 is 57.7 Å². The van der Waals surface area contributed by atoms with E-state index in [0.29, 0.717) is 12.2 Å². The average Bonchev–Trinajstić information content (AvgIpc) is 3.61. The smallest absolute Gasteiger partial charge is 0.410 e. The van der Waals surface area contributed by atoms with E-state index in [4.69, 9.17) is 77.4 Å². The summed E-state index contributed by atoms with van der Waals surface area (Å²) in [5.74, 6) is -6.68. The molecule has 4 heterocycles.